The third-order valence-corrected chi connectivity index (χ3v) is 10.3. The van der Waals surface area contributed by atoms with Crippen LogP contribution in [0.5, 0.6) is 5.75 Å². The largest absolute Gasteiger partial charge is 0.486 e. The standard InChI is InChI=1S/C26H31NO3Si/c1-26(2,3)31(4,5)30-19-22-16-17-23(29-18-20-12-8-6-9-13-20)24(27-22)25(28)21-14-10-7-11-15-21/h6-17H,18-19H2,1-5H3. The van der Waals surface area contributed by atoms with Crippen LogP contribution in [-0.4, -0.2) is 19.1 Å². The van der Waals surface area contributed by atoms with Gasteiger partial charge in [0.1, 0.15) is 12.4 Å². The third-order valence-electron chi connectivity index (χ3n) is 5.79. The molecule has 0 aliphatic heterocycles. The van der Waals surface area contributed by atoms with Gasteiger partial charge in [-0.3, -0.25) is 4.79 Å². The maximum atomic E-state index is 13.2. The number of benzene rings is 2. The summed E-state index contributed by atoms with van der Waals surface area (Å²) in [5.74, 6) is 0.326. The predicted octanol–water partition coefficient (Wildman–Crippen LogP) is 6.41. The summed E-state index contributed by atoms with van der Waals surface area (Å²) in [6.07, 6.45) is 0. The van der Waals surface area contributed by atoms with Gasteiger partial charge in [0, 0.05) is 5.56 Å². The first-order valence-electron chi connectivity index (χ1n) is 10.6. The Bertz CT molecular complexity index is 1010. The zero-order chi connectivity index (χ0) is 22.5. The summed E-state index contributed by atoms with van der Waals surface area (Å²) >= 11 is 0. The van der Waals surface area contributed by atoms with E-state index in [0.29, 0.717) is 30.2 Å². The molecule has 0 bridgehead atoms. The van der Waals surface area contributed by atoms with Crippen molar-refractivity contribution in [1.82, 2.24) is 4.98 Å². The number of nitrogens with zero attached hydrogens (tertiary/aromatic N) is 1. The summed E-state index contributed by atoms with van der Waals surface area (Å²) in [4.78, 5) is 17.9. The first kappa shape index (κ1) is 22.9. The first-order chi connectivity index (χ1) is 14.7. The topological polar surface area (TPSA) is 48.4 Å². The fourth-order valence-corrected chi connectivity index (χ4v) is 3.72. The van der Waals surface area contributed by atoms with Gasteiger partial charge in [-0.25, -0.2) is 4.98 Å². The van der Waals surface area contributed by atoms with Gasteiger partial charge in [0.05, 0.1) is 12.3 Å². The zero-order valence-electron chi connectivity index (χ0n) is 19.0. The van der Waals surface area contributed by atoms with E-state index in [1.54, 1.807) is 12.1 Å². The van der Waals surface area contributed by atoms with E-state index >= 15 is 0 Å². The lowest BCUT2D eigenvalue weighted by Gasteiger charge is -2.36. The molecular weight excluding hydrogens is 402 g/mol. The van der Waals surface area contributed by atoms with Gasteiger partial charge < -0.3 is 9.16 Å². The van der Waals surface area contributed by atoms with Crippen LogP contribution in [0.25, 0.3) is 0 Å². The van der Waals surface area contributed by atoms with Gasteiger partial charge in [-0.2, -0.15) is 0 Å². The van der Waals surface area contributed by atoms with Crippen LogP contribution >= 0.6 is 0 Å². The second-order valence-electron chi connectivity index (χ2n) is 9.17. The predicted molar refractivity (Wildman–Crippen MR) is 127 cm³/mol. The highest BCUT2D eigenvalue weighted by Crippen LogP contribution is 2.37. The van der Waals surface area contributed by atoms with Gasteiger partial charge in [-0.1, -0.05) is 81.4 Å². The fourth-order valence-electron chi connectivity index (χ4n) is 2.78. The Balaban J connectivity index is 1.87. The molecule has 3 aromatic rings. The molecule has 1 aromatic heterocycles. The molecule has 0 aliphatic carbocycles. The monoisotopic (exact) mass is 433 g/mol. The quantitative estimate of drug-likeness (QED) is 0.304. The number of ether oxygens (including phenoxy) is 1. The van der Waals surface area contributed by atoms with Crippen molar-refractivity contribution in [2.45, 2.75) is 52.1 Å². The molecule has 5 heteroatoms. The lowest BCUT2D eigenvalue weighted by Crippen LogP contribution is -2.40. The molecular formula is C26H31NO3Si. The average Bonchev–Trinajstić information content (AvgIpc) is 2.76. The lowest BCUT2D eigenvalue weighted by atomic mass is 10.1. The van der Waals surface area contributed by atoms with Crippen molar-refractivity contribution in [1.29, 1.82) is 0 Å². The van der Waals surface area contributed by atoms with E-state index in [4.69, 9.17) is 9.16 Å². The molecule has 0 spiro atoms. The van der Waals surface area contributed by atoms with Crippen LogP contribution in [0.3, 0.4) is 0 Å². The molecule has 3 rings (SSSR count). The lowest BCUT2D eigenvalue weighted by molar-refractivity contribution is 0.102. The highest BCUT2D eigenvalue weighted by molar-refractivity contribution is 6.74. The molecule has 0 unspecified atom stereocenters. The van der Waals surface area contributed by atoms with Gasteiger partial charge in [0.2, 0.25) is 5.78 Å². The Kier molecular flexibility index (Phi) is 7.08. The molecule has 1 heterocycles. The molecule has 162 valence electrons. The maximum Gasteiger partial charge on any atom is 0.215 e. The summed E-state index contributed by atoms with van der Waals surface area (Å²) < 4.78 is 12.3. The van der Waals surface area contributed by atoms with Crippen molar-refractivity contribution in [3.8, 4) is 5.75 Å². The van der Waals surface area contributed by atoms with E-state index in [1.807, 2.05) is 60.7 Å². The second kappa shape index (κ2) is 9.58. The smallest absolute Gasteiger partial charge is 0.215 e. The minimum absolute atomic E-state index is 0.106. The van der Waals surface area contributed by atoms with Crippen LogP contribution in [0.15, 0.2) is 72.8 Å². The average molecular weight is 434 g/mol. The van der Waals surface area contributed by atoms with Crippen molar-refractivity contribution >= 4 is 14.1 Å². The maximum absolute atomic E-state index is 13.2. The minimum atomic E-state index is -1.93. The molecule has 0 saturated carbocycles. The number of carbonyl (C=O) groups is 1. The van der Waals surface area contributed by atoms with Gasteiger partial charge in [0.25, 0.3) is 0 Å². The number of rotatable bonds is 8. The summed E-state index contributed by atoms with van der Waals surface area (Å²) in [5.41, 5.74) is 2.67. The van der Waals surface area contributed by atoms with Crippen molar-refractivity contribution in [3.63, 3.8) is 0 Å². The number of carbonyl (C=O) groups excluding carboxylic acids is 1. The van der Waals surface area contributed by atoms with Crippen LogP contribution < -0.4 is 4.74 Å². The van der Waals surface area contributed by atoms with E-state index in [1.165, 1.54) is 0 Å². The Morgan fingerprint density at radius 2 is 1.48 bits per heavy atom. The van der Waals surface area contributed by atoms with Crippen molar-refractivity contribution < 1.29 is 14.0 Å². The van der Waals surface area contributed by atoms with E-state index in [-0.39, 0.29) is 10.8 Å². The highest BCUT2D eigenvalue weighted by Gasteiger charge is 2.37. The van der Waals surface area contributed by atoms with Crippen LogP contribution in [-0.2, 0) is 17.6 Å². The van der Waals surface area contributed by atoms with Crippen molar-refractivity contribution in [2.75, 3.05) is 0 Å². The van der Waals surface area contributed by atoms with Gasteiger partial charge >= 0.3 is 0 Å². The van der Waals surface area contributed by atoms with E-state index < -0.39 is 8.32 Å². The third kappa shape index (κ3) is 5.90. The number of hydrogen-bond donors (Lipinski definition) is 0. The SMILES string of the molecule is CC(C)(C)[Si](C)(C)OCc1ccc(OCc2ccccc2)c(C(=O)c2ccccc2)n1. The highest BCUT2D eigenvalue weighted by atomic mass is 28.4. The van der Waals surface area contributed by atoms with E-state index in [9.17, 15) is 4.79 Å². The van der Waals surface area contributed by atoms with Crippen LogP contribution in [0, 0.1) is 0 Å². The summed E-state index contributed by atoms with van der Waals surface area (Å²) in [6, 6.07) is 22.8. The Morgan fingerprint density at radius 1 is 0.871 bits per heavy atom. The fraction of sp³-hybridized carbons (Fsp3) is 0.308. The molecule has 0 atom stereocenters. The van der Waals surface area contributed by atoms with E-state index in [0.717, 1.165) is 11.3 Å². The van der Waals surface area contributed by atoms with Crippen LogP contribution in [0.1, 0.15) is 48.1 Å². The molecule has 0 saturated heterocycles. The van der Waals surface area contributed by atoms with Gasteiger partial charge in [0.15, 0.2) is 14.0 Å². The first-order valence-corrected chi connectivity index (χ1v) is 13.5. The molecule has 0 N–H and O–H groups in total. The number of hydrogen-bond acceptors (Lipinski definition) is 4. The normalized spacial score (nSPS) is 11.9. The molecule has 31 heavy (non-hydrogen) atoms. The molecule has 2 aromatic carbocycles. The number of aromatic nitrogens is 1. The number of ketones is 1. The Morgan fingerprint density at radius 3 is 2.10 bits per heavy atom. The molecule has 0 fully saturated rings. The zero-order valence-corrected chi connectivity index (χ0v) is 20.0. The number of pyridine rings is 1. The van der Waals surface area contributed by atoms with Gasteiger partial charge in [-0.15, -0.1) is 0 Å². The Labute approximate surface area is 186 Å². The summed E-state index contributed by atoms with van der Waals surface area (Å²) in [7, 11) is -1.93. The summed E-state index contributed by atoms with van der Waals surface area (Å²) in [5, 5.41) is 0.106. The summed E-state index contributed by atoms with van der Waals surface area (Å²) in [6.45, 7) is 11.8. The molecule has 0 radical (unpaired) electrons. The molecule has 4 nitrogen and oxygen atoms in total. The molecule has 0 amide bonds. The minimum Gasteiger partial charge on any atom is -0.486 e. The Hall–Kier alpha value is -2.76. The van der Waals surface area contributed by atoms with E-state index in [2.05, 4.69) is 38.8 Å². The molecule has 0 aliphatic rings. The van der Waals surface area contributed by atoms with Crippen molar-refractivity contribution in [2.24, 2.45) is 0 Å². The van der Waals surface area contributed by atoms with Crippen molar-refractivity contribution in [3.05, 3.63) is 95.3 Å². The second-order valence-corrected chi connectivity index (χ2v) is 14.0. The van der Waals surface area contributed by atoms with Crippen LogP contribution in [0.4, 0.5) is 0 Å². The van der Waals surface area contributed by atoms with Gasteiger partial charge in [-0.05, 0) is 35.8 Å². The van der Waals surface area contributed by atoms with Crippen LogP contribution in [0.2, 0.25) is 18.1 Å².